The number of rotatable bonds is 7. The maximum Gasteiger partial charge on any atom is 0.101 e. The molecule has 2 heteroatoms. The molecule has 2 nitrogen and oxygen atoms in total. The van der Waals surface area contributed by atoms with Crippen LogP contribution in [0.1, 0.15) is 33.3 Å². The first-order valence-corrected chi connectivity index (χ1v) is 7.09. The first-order valence-electron chi connectivity index (χ1n) is 7.09. The summed E-state index contributed by atoms with van der Waals surface area (Å²) in [5, 5.41) is 0. The minimum atomic E-state index is 0.380. The standard InChI is InChI=1S/C16H27N2/c1-5-18(6-2,7-3)14-15(4)17-13-16-11-9-8-10-12-16/h8-13,15H,5-7,14H2,1-4H3/q+1. The van der Waals surface area contributed by atoms with Crippen LogP contribution < -0.4 is 0 Å². The molecule has 1 aromatic rings. The van der Waals surface area contributed by atoms with E-state index >= 15 is 0 Å². The zero-order chi connectivity index (χ0) is 13.4. The van der Waals surface area contributed by atoms with Crippen LogP contribution >= 0.6 is 0 Å². The molecule has 0 spiro atoms. The summed E-state index contributed by atoms with van der Waals surface area (Å²) in [6.45, 7) is 13.8. The van der Waals surface area contributed by atoms with Crippen LogP contribution in [0, 0.1) is 0 Å². The van der Waals surface area contributed by atoms with Gasteiger partial charge >= 0.3 is 0 Å². The first kappa shape index (κ1) is 14.9. The molecule has 0 fully saturated rings. The van der Waals surface area contributed by atoms with E-state index in [2.05, 4.69) is 57.0 Å². The van der Waals surface area contributed by atoms with E-state index in [0.717, 1.165) is 11.0 Å². The molecule has 0 aromatic heterocycles. The van der Waals surface area contributed by atoms with E-state index in [9.17, 15) is 0 Å². The second-order valence-corrected chi connectivity index (χ2v) is 5.01. The number of hydrogen-bond acceptors (Lipinski definition) is 1. The van der Waals surface area contributed by atoms with Crippen LogP contribution in [-0.4, -0.2) is 42.9 Å². The first-order chi connectivity index (χ1) is 8.65. The molecule has 0 amide bonds. The molecule has 0 N–H and O–H groups in total. The Kier molecular flexibility index (Phi) is 6.06. The maximum absolute atomic E-state index is 4.68. The lowest BCUT2D eigenvalue weighted by atomic mass is 10.2. The second-order valence-electron chi connectivity index (χ2n) is 5.01. The van der Waals surface area contributed by atoms with Gasteiger partial charge < -0.3 is 4.48 Å². The Morgan fingerprint density at radius 3 is 2.11 bits per heavy atom. The lowest BCUT2D eigenvalue weighted by Gasteiger charge is -2.37. The molecule has 18 heavy (non-hydrogen) atoms. The van der Waals surface area contributed by atoms with Crippen molar-refractivity contribution in [1.82, 2.24) is 0 Å². The summed E-state index contributed by atoms with van der Waals surface area (Å²) in [7, 11) is 0. The summed E-state index contributed by atoms with van der Waals surface area (Å²) in [5.41, 5.74) is 1.19. The van der Waals surface area contributed by atoms with E-state index in [1.54, 1.807) is 0 Å². The van der Waals surface area contributed by atoms with Crippen molar-refractivity contribution in [2.75, 3.05) is 26.2 Å². The summed E-state index contributed by atoms with van der Waals surface area (Å²) in [5.74, 6) is 0. The third kappa shape index (κ3) is 4.26. The highest BCUT2D eigenvalue weighted by molar-refractivity contribution is 5.79. The molecule has 0 aliphatic rings. The summed E-state index contributed by atoms with van der Waals surface area (Å²) in [6, 6.07) is 10.7. The molecule has 0 heterocycles. The van der Waals surface area contributed by atoms with Crippen molar-refractivity contribution in [2.24, 2.45) is 4.99 Å². The zero-order valence-electron chi connectivity index (χ0n) is 12.3. The molecule has 0 saturated heterocycles. The lowest BCUT2D eigenvalue weighted by molar-refractivity contribution is -0.923. The fraction of sp³-hybridized carbons (Fsp3) is 0.562. The molecule has 0 bridgehead atoms. The van der Waals surface area contributed by atoms with Gasteiger partial charge in [-0.05, 0) is 33.3 Å². The molecule has 1 rings (SSSR count). The quantitative estimate of drug-likeness (QED) is 0.517. The Morgan fingerprint density at radius 1 is 1.06 bits per heavy atom. The molecule has 1 atom stereocenters. The number of aliphatic imine (C=N–C) groups is 1. The van der Waals surface area contributed by atoms with Crippen molar-refractivity contribution in [3.63, 3.8) is 0 Å². The Balaban J connectivity index is 2.60. The lowest BCUT2D eigenvalue weighted by Crippen LogP contribution is -2.51. The number of likely N-dealkylation sites (N-methyl/N-ethyl adjacent to an activating group) is 1. The Morgan fingerprint density at radius 2 is 1.61 bits per heavy atom. The van der Waals surface area contributed by atoms with E-state index in [1.165, 1.54) is 25.2 Å². The van der Waals surface area contributed by atoms with Crippen molar-refractivity contribution < 1.29 is 4.48 Å². The average Bonchev–Trinajstić information content (AvgIpc) is 2.44. The summed E-state index contributed by atoms with van der Waals surface area (Å²) in [4.78, 5) is 4.68. The van der Waals surface area contributed by atoms with Gasteiger partial charge in [0.2, 0.25) is 0 Å². The fourth-order valence-electron chi connectivity index (χ4n) is 2.42. The van der Waals surface area contributed by atoms with Crippen molar-refractivity contribution >= 4 is 6.21 Å². The van der Waals surface area contributed by atoms with Gasteiger partial charge in [-0.1, -0.05) is 30.3 Å². The molecule has 0 aliphatic heterocycles. The number of nitrogens with zero attached hydrogens (tertiary/aromatic N) is 2. The van der Waals surface area contributed by atoms with Gasteiger partial charge in [0.15, 0.2) is 0 Å². The summed E-state index contributed by atoms with van der Waals surface area (Å²) >= 11 is 0. The van der Waals surface area contributed by atoms with Gasteiger partial charge in [0.25, 0.3) is 0 Å². The highest BCUT2D eigenvalue weighted by Gasteiger charge is 2.23. The second kappa shape index (κ2) is 7.32. The van der Waals surface area contributed by atoms with Crippen LogP contribution in [0.15, 0.2) is 35.3 Å². The normalized spacial score (nSPS) is 14.0. The van der Waals surface area contributed by atoms with E-state index < -0.39 is 0 Å². The fourth-order valence-corrected chi connectivity index (χ4v) is 2.42. The number of quaternary nitrogens is 1. The highest BCUT2D eigenvalue weighted by Crippen LogP contribution is 2.09. The van der Waals surface area contributed by atoms with Crippen molar-refractivity contribution in [3.8, 4) is 0 Å². The van der Waals surface area contributed by atoms with Gasteiger partial charge in [-0.15, -0.1) is 0 Å². The van der Waals surface area contributed by atoms with Crippen molar-refractivity contribution in [2.45, 2.75) is 33.7 Å². The van der Waals surface area contributed by atoms with Gasteiger partial charge in [-0.3, -0.25) is 4.99 Å². The van der Waals surface area contributed by atoms with Crippen LogP contribution in [0.5, 0.6) is 0 Å². The molecular weight excluding hydrogens is 220 g/mol. The predicted octanol–water partition coefficient (Wildman–Crippen LogP) is 3.37. The summed E-state index contributed by atoms with van der Waals surface area (Å²) < 4.78 is 1.16. The van der Waals surface area contributed by atoms with Crippen LogP contribution in [0.2, 0.25) is 0 Å². The van der Waals surface area contributed by atoms with Gasteiger partial charge in [0, 0.05) is 6.21 Å². The van der Waals surface area contributed by atoms with Gasteiger partial charge in [-0.2, -0.15) is 0 Å². The third-order valence-corrected chi connectivity index (χ3v) is 3.94. The SMILES string of the molecule is CC[N+](CC)(CC)CC(C)N=Cc1ccccc1. The highest BCUT2D eigenvalue weighted by atomic mass is 15.3. The minimum Gasteiger partial charge on any atom is -0.323 e. The van der Waals surface area contributed by atoms with Crippen molar-refractivity contribution in [1.29, 1.82) is 0 Å². The Labute approximate surface area is 112 Å². The summed E-state index contributed by atoms with van der Waals surface area (Å²) in [6.07, 6.45) is 2.00. The topological polar surface area (TPSA) is 12.4 Å². The monoisotopic (exact) mass is 247 g/mol. The third-order valence-electron chi connectivity index (χ3n) is 3.94. The van der Waals surface area contributed by atoms with Crippen molar-refractivity contribution in [3.05, 3.63) is 35.9 Å². The van der Waals surface area contributed by atoms with Gasteiger partial charge in [-0.25, -0.2) is 0 Å². The zero-order valence-corrected chi connectivity index (χ0v) is 12.3. The molecule has 0 saturated carbocycles. The molecule has 0 radical (unpaired) electrons. The largest absolute Gasteiger partial charge is 0.323 e. The smallest absolute Gasteiger partial charge is 0.101 e. The maximum atomic E-state index is 4.68. The molecule has 1 aromatic carbocycles. The minimum absolute atomic E-state index is 0.380. The van der Waals surface area contributed by atoms with Gasteiger partial charge in [0.05, 0.1) is 25.7 Å². The van der Waals surface area contributed by atoms with Crippen LogP contribution in [0.4, 0.5) is 0 Å². The number of benzene rings is 1. The molecule has 1 unspecified atom stereocenters. The van der Waals surface area contributed by atoms with E-state index in [-0.39, 0.29) is 0 Å². The molecular formula is C16H27N2+. The predicted molar refractivity (Wildman–Crippen MR) is 80.2 cm³/mol. The van der Waals surface area contributed by atoms with E-state index in [4.69, 9.17) is 0 Å². The van der Waals surface area contributed by atoms with Gasteiger partial charge in [0.1, 0.15) is 6.54 Å². The van der Waals surface area contributed by atoms with E-state index in [1.807, 2.05) is 12.3 Å². The molecule has 0 aliphatic carbocycles. The molecule has 100 valence electrons. The van der Waals surface area contributed by atoms with Crippen LogP contribution in [0.25, 0.3) is 0 Å². The number of hydrogen-bond donors (Lipinski definition) is 0. The van der Waals surface area contributed by atoms with Crippen LogP contribution in [0.3, 0.4) is 0 Å². The van der Waals surface area contributed by atoms with E-state index in [0.29, 0.717) is 6.04 Å². The Hall–Kier alpha value is -1.15. The van der Waals surface area contributed by atoms with Crippen LogP contribution in [-0.2, 0) is 0 Å². The Bertz CT molecular complexity index is 344. The average molecular weight is 247 g/mol.